The normalized spacial score (nSPS) is 13.7. The zero-order valence-electron chi connectivity index (χ0n) is 24.3. The molecule has 0 radical (unpaired) electrons. The number of carbonyl (C=O) groups is 1. The van der Waals surface area contributed by atoms with Crippen LogP contribution in [0.25, 0.3) is 16.6 Å². The Morgan fingerprint density at radius 3 is 2.63 bits per heavy atom. The molecule has 2 aromatic heterocycles. The van der Waals surface area contributed by atoms with Gasteiger partial charge in [-0.05, 0) is 69.2 Å². The van der Waals surface area contributed by atoms with E-state index in [-0.39, 0.29) is 18.7 Å². The van der Waals surface area contributed by atoms with Crippen LogP contribution in [0.5, 0.6) is 5.88 Å². The molecule has 0 unspecified atom stereocenters. The molecule has 1 aliphatic heterocycles. The molecule has 5 rings (SSSR count). The number of benzene rings is 2. The Hall–Kier alpha value is -5.06. The number of esters is 1. The maximum absolute atomic E-state index is 14.2. The number of imidazole rings is 1. The van der Waals surface area contributed by atoms with Crippen molar-refractivity contribution in [1.82, 2.24) is 19.4 Å². The fourth-order valence-electron chi connectivity index (χ4n) is 4.85. The standard InChI is InChI=1S/C33H31FN6O3/c1-33(2,3)43-32(41)24-9-10-28-29(18-24)40(16-13-35)30(37-28)20-39-14-11-23(12-15-39)27-5-4-6-31(38-27)42-21-25-8-7-22(19-36)17-26(25)34/h4-11,17-18H,12,14-16,20-21H2,1-3H3. The van der Waals surface area contributed by atoms with Crippen LogP contribution in [0, 0.1) is 28.5 Å². The molecule has 0 spiro atoms. The molecule has 3 heterocycles. The number of pyridine rings is 1. The van der Waals surface area contributed by atoms with Crippen molar-refractivity contribution in [2.24, 2.45) is 0 Å². The lowest BCUT2D eigenvalue weighted by Gasteiger charge is -2.26. The van der Waals surface area contributed by atoms with E-state index in [2.05, 4.69) is 22.0 Å². The molecule has 0 bridgehead atoms. The van der Waals surface area contributed by atoms with E-state index in [4.69, 9.17) is 19.7 Å². The summed E-state index contributed by atoms with van der Waals surface area (Å²) >= 11 is 0. The lowest BCUT2D eigenvalue weighted by atomic mass is 10.0. The largest absolute Gasteiger partial charge is 0.473 e. The minimum Gasteiger partial charge on any atom is -0.473 e. The maximum atomic E-state index is 14.2. The number of halogens is 1. The summed E-state index contributed by atoms with van der Waals surface area (Å²) in [6.45, 7) is 7.54. The average molecular weight is 579 g/mol. The Morgan fingerprint density at radius 1 is 1.09 bits per heavy atom. The van der Waals surface area contributed by atoms with E-state index in [1.807, 2.05) is 43.5 Å². The number of aromatic nitrogens is 3. The van der Waals surface area contributed by atoms with Gasteiger partial charge in [0.1, 0.15) is 30.4 Å². The second kappa shape index (κ2) is 12.4. The molecule has 0 aliphatic carbocycles. The van der Waals surface area contributed by atoms with Crippen molar-refractivity contribution in [2.75, 3.05) is 13.1 Å². The maximum Gasteiger partial charge on any atom is 0.338 e. The van der Waals surface area contributed by atoms with Gasteiger partial charge in [0.05, 0.1) is 46.5 Å². The highest BCUT2D eigenvalue weighted by atomic mass is 19.1. The number of nitrogens with zero attached hydrogens (tertiary/aromatic N) is 6. The van der Waals surface area contributed by atoms with Crippen LogP contribution in [-0.4, -0.2) is 44.1 Å². The van der Waals surface area contributed by atoms with Crippen LogP contribution >= 0.6 is 0 Å². The van der Waals surface area contributed by atoms with Gasteiger partial charge in [0.25, 0.3) is 0 Å². The first-order chi connectivity index (χ1) is 20.6. The Kier molecular flexibility index (Phi) is 8.51. The first kappa shape index (κ1) is 29.4. The third kappa shape index (κ3) is 7.06. The molecule has 1 aliphatic rings. The van der Waals surface area contributed by atoms with Crippen molar-refractivity contribution in [3.8, 4) is 18.0 Å². The van der Waals surface area contributed by atoms with Crippen molar-refractivity contribution in [1.29, 1.82) is 10.5 Å². The van der Waals surface area contributed by atoms with E-state index in [1.165, 1.54) is 6.07 Å². The molecule has 0 atom stereocenters. The van der Waals surface area contributed by atoms with Gasteiger partial charge in [-0.1, -0.05) is 18.2 Å². The highest BCUT2D eigenvalue weighted by Crippen LogP contribution is 2.26. The van der Waals surface area contributed by atoms with Gasteiger partial charge in [-0.2, -0.15) is 10.5 Å². The van der Waals surface area contributed by atoms with Gasteiger partial charge in [-0.25, -0.2) is 19.2 Å². The summed E-state index contributed by atoms with van der Waals surface area (Å²) in [6.07, 6.45) is 2.87. The number of rotatable bonds is 8. The Labute approximate surface area is 249 Å². The summed E-state index contributed by atoms with van der Waals surface area (Å²) in [7, 11) is 0. The van der Waals surface area contributed by atoms with Gasteiger partial charge in [0.2, 0.25) is 5.88 Å². The first-order valence-electron chi connectivity index (χ1n) is 13.9. The highest BCUT2D eigenvalue weighted by Gasteiger charge is 2.21. The summed E-state index contributed by atoms with van der Waals surface area (Å²) in [5.41, 5.74) is 3.72. The minimum absolute atomic E-state index is 0.00376. The molecule has 0 saturated carbocycles. The molecule has 43 heavy (non-hydrogen) atoms. The number of hydrogen-bond acceptors (Lipinski definition) is 8. The van der Waals surface area contributed by atoms with Crippen LogP contribution in [0.1, 0.15) is 60.2 Å². The van der Waals surface area contributed by atoms with E-state index >= 15 is 0 Å². The fraction of sp³-hybridized carbons (Fsp3) is 0.303. The van der Waals surface area contributed by atoms with Crippen LogP contribution in [0.2, 0.25) is 0 Å². The Bertz CT molecular complexity index is 1790. The van der Waals surface area contributed by atoms with E-state index < -0.39 is 17.4 Å². The molecule has 0 N–H and O–H groups in total. The second-order valence-electron chi connectivity index (χ2n) is 11.3. The summed E-state index contributed by atoms with van der Waals surface area (Å²) < 4.78 is 27.3. The predicted molar refractivity (Wildman–Crippen MR) is 158 cm³/mol. The smallest absolute Gasteiger partial charge is 0.338 e. The van der Waals surface area contributed by atoms with Gasteiger partial charge in [0.15, 0.2) is 0 Å². The first-order valence-corrected chi connectivity index (χ1v) is 13.9. The molecule has 218 valence electrons. The number of nitriles is 2. The van der Waals surface area contributed by atoms with Crippen LogP contribution in [0.15, 0.2) is 60.7 Å². The summed E-state index contributed by atoms with van der Waals surface area (Å²) in [5.74, 6) is 0.231. The highest BCUT2D eigenvalue weighted by molar-refractivity contribution is 5.94. The number of carbonyl (C=O) groups excluding carboxylic acids is 1. The summed E-state index contributed by atoms with van der Waals surface area (Å²) in [5, 5.41) is 18.4. The molecule has 0 amide bonds. The molecule has 9 nitrogen and oxygen atoms in total. The molecule has 10 heteroatoms. The van der Waals surface area contributed by atoms with Crippen molar-refractivity contribution in [3.05, 3.63) is 94.7 Å². The molecule has 4 aromatic rings. The second-order valence-corrected chi connectivity index (χ2v) is 11.3. The predicted octanol–water partition coefficient (Wildman–Crippen LogP) is 5.79. The number of ether oxygens (including phenoxy) is 2. The van der Waals surface area contributed by atoms with E-state index in [0.29, 0.717) is 35.6 Å². The quantitative estimate of drug-likeness (QED) is 0.241. The van der Waals surface area contributed by atoms with Crippen LogP contribution < -0.4 is 4.74 Å². The van der Waals surface area contributed by atoms with Gasteiger partial charge in [0, 0.05) is 24.7 Å². The Morgan fingerprint density at radius 2 is 1.93 bits per heavy atom. The Balaban J connectivity index is 1.27. The third-order valence-electron chi connectivity index (χ3n) is 6.96. The van der Waals surface area contributed by atoms with Crippen molar-refractivity contribution in [2.45, 2.75) is 52.5 Å². The topological polar surface area (TPSA) is 117 Å². The molecule has 2 aromatic carbocycles. The van der Waals surface area contributed by atoms with Gasteiger partial charge >= 0.3 is 5.97 Å². The zero-order valence-corrected chi connectivity index (χ0v) is 24.3. The zero-order chi connectivity index (χ0) is 30.6. The minimum atomic E-state index is -0.611. The van der Waals surface area contributed by atoms with Crippen LogP contribution in [-0.2, 0) is 24.4 Å². The van der Waals surface area contributed by atoms with Gasteiger partial charge < -0.3 is 14.0 Å². The summed E-state index contributed by atoms with van der Waals surface area (Å²) in [6, 6.07) is 19.2. The SMILES string of the molecule is CC(C)(C)OC(=O)c1ccc2nc(CN3CC=C(c4cccc(OCc5ccc(C#N)cc5F)n4)CC3)n(CC#N)c2c1. The van der Waals surface area contributed by atoms with Crippen molar-refractivity contribution in [3.63, 3.8) is 0 Å². The monoisotopic (exact) mass is 578 g/mol. The molecule has 0 saturated heterocycles. The van der Waals surface area contributed by atoms with Crippen molar-refractivity contribution < 1.29 is 18.7 Å². The van der Waals surface area contributed by atoms with Crippen LogP contribution in [0.3, 0.4) is 0 Å². The molecular weight excluding hydrogens is 547 g/mol. The lowest BCUT2D eigenvalue weighted by molar-refractivity contribution is 0.00696. The van der Waals surface area contributed by atoms with Crippen molar-refractivity contribution >= 4 is 22.6 Å². The van der Waals surface area contributed by atoms with E-state index in [1.54, 1.807) is 36.4 Å². The fourth-order valence-corrected chi connectivity index (χ4v) is 4.85. The van der Waals surface area contributed by atoms with Gasteiger partial charge in [-0.3, -0.25) is 4.90 Å². The van der Waals surface area contributed by atoms with E-state index in [0.717, 1.165) is 35.6 Å². The third-order valence-corrected chi connectivity index (χ3v) is 6.96. The van der Waals surface area contributed by atoms with Crippen LogP contribution in [0.4, 0.5) is 4.39 Å². The van der Waals surface area contributed by atoms with E-state index in [9.17, 15) is 14.4 Å². The number of hydrogen-bond donors (Lipinski definition) is 0. The summed E-state index contributed by atoms with van der Waals surface area (Å²) in [4.78, 5) is 24.3. The lowest BCUT2D eigenvalue weighted by Crippen LogP contribution is -2.29. The molecule has 0 fully saturated rings. The molecular formula is C33H31FN6O3. The van der Waals surface area contributed by atoms with Gasteiger partial charge in [-0.15, -0.1) is 0 Å². The average Bonchev–Trinajstić information content (AvgIpc) is 3.32. The number of fused-ring (bicyclic) bond motifs is 1.